The third-order valence-corrected chi connectivity index (χ3v) is 4.80. The Hall–Kier alpha value is -2.93. The number of nitrogens with zero attached hydrogens (tertiary/aromatic N) is 2. The van der Waals surface area contributed by atoms with Gasteiger partial charge in [-0.25, -0.2) is 4.39 Å². The second-order valence-electron chi connectivity index (χ2n) is 5.39. The Kier molecular flexibility index (Phi) is 5.18. The normalized spacial score (nSPS) is 11.6. The number of thiazole rings is 1. The molecule has 3 rings (SSSR count). The Morgan fingerprint density at radius 3 is 2.58 bits per heavy atom. The van der Waals surface area contributed by atoms with Crippen LogP contribution in [0.2, 0.25) is 0 Å². The van der Waals surface area contributed by atoms with Crippen LogP contribution in [0.15, 0.2) is 54.0 Å². The van der Waals surface area contributed by atoms with Crippen LogP contribution in [-0.4, -0.2) is 24.7 Å². The number of fused-ring (bicyclic) bond motifs is 1. The van der Waals surface area contributed by atoms with Gasteiger partial charge in [0.1, 0.15) is 17.3 Å². The zero-order valence-corrected chi connectivity index (χ0v) is 15.2. The third kappa shape index (κ3) is 3.39. The minimum atomic E-state index is -0.466. The van der Waals surface area contributed by atoms with Gasteiger partial charge in [-0.3, -0.25) is 4.79 Å². The second kappa shape index (κ2) is 7.53. The summed E-state index contributed by atoms with van der Waals surface area (Å²) in [5.74, 6) is 0.151. The molecule has 1 amide bonds. The van der Waals surface area contributed by atoms with E-state index >= 15 is 0 Å². The minimum Gasteiger partial charge on any atom is -0.497 e. The van der Waals surface area contributed by atoms with Crippen LogP contribution in [0.1, 0.15) is 10.4 Å². The first-order chi connectivity index (χ1) is 12.6. The van der Waals surface area contributed by atoms with E-state index < -0.39 is 5.91 Å². The van der Waals surface area contributed by atoms with E-state index in [1.807, 2.05) is 0 Å². The van der Waals surface area contributed by atoms with Gasteiger partial charge in [0.15, 0.2) is 4.80 Å². The molecule has 0 N–H and O–H groups in total. The highest BCUT2D eigenvalue weighted by Gasteiger charge is 2.13. The number of benzene rings is 2. The lowest BCUT2D eigenvalue weighted by atomic mass is 10.2. The number of para-hydroxylation sites is 1. The molecule has 0 spiro atoms. The summed E-state index contributed by atoms with van der Waals surface area (Å²) >= 11 is 1.25. The molecule has 1 aromatic heterocycles. The van der Waals surface area contributed by atoms with E-state index in [2.05, 4.69) is 11.6 Å². The van der Waals surface area contributed by atoms with Gasteiger partial charge in [-0.15, -0.1) is 6.58 Å². The lowest BCUT2D eigenvalue weighted by Gasteiger charge is -2.06. The van der Waals surface area contributed by atoms with Crippen molar-refractivity contribution in [1.29, 1.82) is 0 Å². The van der Waals surface area contributed by atoms with Gasteiger partial charge in [-0.1, -0.05) is 23.5 Å². The summed E-state index contributed by atoms with van der Waals surface area (Å²) < 4.78 is 26.9. The number of ether oxygens (including phenoxy) is 2. The fraction of sp³-hybridized carbons (Fsp3) is 0.158. The van der Waals surface area contributed by atoms with Crippen LogP contribution in [0.25, 0.3) is 10.2 Å². The molecule has 5 nitrogen and oxygen atoms in total. The Bertz CT molecular complexity index is 1030. The van der Waals surface area contributed by atoms with E-state index in [4.69, 9.17) is 9.47 Å². The van der Waals surface area contributed by atoms with Crippen molar-refractivity contribution in [2.24, 2.45) is 4.99 Å². The van der Waals surface area contributed by atoms with E-state index in [0.29, 0.717) is 38.6 Å². The maximum Gasteiger partial charge on any atom is 0.279 e. The van der Waals surface area contributed by atoms with Gasteiger partial charge in [0.2, 0.25) is 0 Å². The lowest BCUT2D eigenvalue weighted by Crippen LogP contribution is -2.16. The SMILES string of the molecule is C=CCn1c(=NC(=O)c2cc(OC)cc(OC)c2)sc2cccc(F)c21. The fourth-order valence-electron chi connectivity index (χ4n) is 2.55. The molecule has 0 unspecified atom stereocenters. The molecule has 0 fully saturated rings. The summed E-state index contributed by atoms with van der Waals surface area (Å²) in [7, 11) is 3.01. The zero-order valence-electron chi connectivity index (χ0n) is 14.4. The Balaban J connectivity index is 2.15. The number of rotatable bonds is 5. The van der Waals surface area contributed by atoms with Crippen molar-refractivity contribution in [2.75, 3.05) is 14.2 Å². The molecule has 0 aliphatic heterocycles. The second-order valence-corrected chi connectivity index (χ2v) is 6.40. The maximum atomic E-state index is 14.2. The van der Waals surface area contributed by atoms with E-state index in [9.17, 15) is 9.18 Å². The number of methoxy groups -OCH3 is 2. The first-order valence-corrected chi connectivity index (χ1v) is 8.60. The summed E-state index contributed by atoms with van der Waals surface area (Å²) in [6, 6.07) is 9.64. The van der Waals surface area contributed by atoms with Gasteiger partial charge >= 0.3 is 0 Å². The molecule has 0 atom stereocenters. The predicted octanol–water partition coefficient (Wildman–Crippen LogP) is 3.79. The number of carbonyl (C=O) groups excluding carboxylic acids is 1. The van der Waals surface area contributed by atoms with Crippen LogP contribution in [-0.2, 0) is 6.54 Å². The highest BCUT2D eigenvalue weighted by Crippen LogP contribution is 2.24. The molecular formula is C19H17FN2O3S. The number of carbonyl (C=O) groups is 1. The maximum absolute atomic E-state index is 14.2. The quantitative estimate of drug-likeness (QED) is 0.641. The van der Waals surface area contributed by atoms with Crippen molar-refractivity contribution in [3.63, 3.8) is 0 Å². The molecule has 3 aromatic rings. The van der Waals surface area contributed by atoms with Gasteiger partial charge < -0.3 is 14.0 Å². The topological polar surface area (TPSA) is 52.8 Å². The summed E-state index contributed by atoms with van der Waals surface area (Å²) in [5.41, 5.74) is 0.733. The van der Waals surface area contributed by atoms with Gasteiger partial charge in [0, 0.05) is 18.2 Å². The van der Waals surface area contributed by atoms with E-state index in [-0.39, 0.29) is 5.82 Å². The highest BCUT2D eigenvalue weighted by molar-refractivity contribution is 7.16. The van der Waals surface area contributed by atoms with Crippen molar-refractivity contribution in [3.8, 4) is 11.5 Å². The van der Waals surface area contributed by atoms with Crippen LogP contribution in [0.4, 0.5) is 4.39 Å². The monoisotopic (exact) mass is 372 g/mol. The van der Waals surface area contributed by atoms with Crippen molar-refractivity contribution in [2.45, 2.75) is 6.54 Å². The van der Waals surface area contributed by atoms with Gasteiger partial charge in [0.25, 0.3) is 5.91 Å². The Labute approximate surface area is 153 Å². The van der Waals surface area contributed by atoms with Crippen LogP contribution >= 0.6 is 11.3 Å². The lowest BCUT2D eigenvalue weighted by molar-refractivity contribution is 0.0997. The number of amides is 1. The molecule has 0 saturated heterocycles. The summed E-state index contributed by atoms with van der Waals surface area (Å²) in [5, 5.41) is 0. The van der Waals surface area contributed by atoms with E-state index in [1.165, 1.54) is 31.6 Å². The number of hydrogen-bond donors (Lipinski definition) is 0. The largest absolute Gasteiger partial charge is 0.497 e. The van der Waals surface area contributed by atoms with Crippen molar-refractivity contribution >= 4 is 27.5 Å². The number of aromatic nitrogens is 1. The first-order valence-electron chi connectivity index (χ1n) is 7.78. The van der Waals surface area contributed by atoms with Gasteiger partial charge in [-0.2, -0.15) is 4.99 Å². The number of hydrogen-bond acceptors (Lipinski definition) is 4. The highest BCUT2D eigenvalue weighted by atomic mass is 32.1. The molecule has 7 heteroatoms. The van der Waals surface area contributed by atoms with Crippen LogP contribution < -0.4 is 14.3 Å². The standard InChI is InChI=1S/C19H17FN2O3S/c1-4-8-22-17-15(20)6-5-7-16(17)26-19(22)21-18(23)12-9-13(24-2)11-14(10-12)25-3/h4-7,9-11H,1,8H2,2-3H3. The molecule has 0 aliphatic rings. The molecule has 0 radical (unpaired) electrons. The number of halogens is 1. The average molecular weight is 372 g/mol. The van der Waals surface area contributed by atoms with Crippen molar-refractivity contribution < 1.29 is 18.7 Å². The molecular weight excluding hydrogens is 355 g/mol. The average Bonchev–Trinajstić information content (AvgIpc) is 3.00. The molecule has 1 heterocycles. The van der Waals surface area contributed by atoms with E-state index in [0.717, 1.165) is 0 Å². The van der Waals surface area contributed by atoms with Crippen LogP contribution in [0.3, 0.4) is 0 Å². The van der Waals surface area contributed by atoms with Crippen molar-refractivity contribution in [1.82, 2.24) is 4.57 Å². The van der Waals surface area contributed by atoms with Crippen LogP contribution in [0.5, 0.6) is 11.5 Å². The van der Waals surface area contributed by atoms with Gasteiger partial charge in [-0.05, 0) is 24.3 Å². The smallest absolute Gasteiger partial charge is 0.279 e. The minimum absolute atomic E-state index is 0.323. The predicted molar refractivity (Wildman–Crippen MR) is 99.4 cm³/mol. The zero-order chi connectivity index (χ0) is 18.7. The third-order valence-electron chi connectivity index (χ3n) is 3.76. The Morgan fingerprint density at radius 1 is 1.27 bits per heavy atom. The molecule has 2 aromatic carbocycles. The summed E-state index contributed by atoms with van der Waals surface area (Å²) in [6.07, 6.45) is 1.64. The molecule has 0 aliphatic carbocycles. The first kappa shape index (κ1) is 17.9. The van der Waals surface area contributed by atoms with Crippen molar-refractivity contribution in [3.05, 3.63) is 65.2 Å². The number of allylic oxidation sites excluding steroid dienone is 1. The van der Waals surface area contributed by atoms with Gasteiger partial charge in [0.05, 0.1) is 24.4 Å². The molecule has 0 bridgehead atoms. The fourth-order valence-corrected chi connectivity index (χ4v) is 3.61. The summed E-state index contributed by atoms with van der Waals surface area (Å²) in [6.45, 7) is 4.04. The van der Waals surface area contributed by atoms with Crippen LogP contribution in [0, 0.1) is 5.82 Å². The molecule has 134 valence electrons. The van der Waals surface area contributed by atoms with E-state index in [1.54, 1.807) is 41.0 Å². The summed E-state index contributed by atoms with van der Waals surface area (Å²) in [4.78, 5) is 17.3. The molecule has 26 heavy (non-hydrogen) atoms. The molecule has 0 saturated carbocycles. The Morgan fingerprint density at radius 2 is 1.96 bits per heavy atom.